The van der Waals surface area contributed by atoms with Gasteiger partial charge in [0.1, 0.15) is 6.61 Å². The Bertz CT molecular complexity index is 1170. The van der Waals surface area contributed by atoms with Crippen LogP contribution in [0, 0.1) is 0 Å². The molecule has 5 nitrogen and oxygen atoms in total. The number of rotatable bonds is 55. The van der Waals surface area contributed by atoms with Crippen LogP contribution < -0.4 is 0 Å². The van der Waals surface area contributed by atoms with Crippen molar-refractivity contribution in [2.75, 3.05) is 19.8 Å². The summed E-state index contributed by atoms with van der Waals surface area (Å²) < 4.78 is 17.5. The van der Waals surface area contributed by atoms with Crippen molar-refractivity contribution >= 4 is 11.9 Å². The van der Waals surface area contributed by atoms with Crippen LogP contribution in [0.2, 0.25) is 0 Å². The molecule has 396 valence electrons. The molecule has 1 atom stereocenters. The van der Waals surface area contributed by atoms with Gasteiger partial charge < -0.3 is 14.2 Å². The van der Waals surface area contributed by atoms with Gasteiger partial charge in [-0.15, -0.1) is 0 Å². The zero-order chi connectivity index (χ0) is 49.2. The molecule has 0 aromatic carbocycles. The van der Waals surface area contributed by atoms with Gasteiger partial charge in [0.15, 0.2) is 6.10 Å². The quantitative estimate of drug-likeness (QED) is 0.0345. The number of allylic oxidation sites excluding steroid dienone is 10. The molecular formula is C63H114O5. The number of carbonyl (C=O) groups excluding carboxylic acids is 2. The molecule has 0 aliphatic carbocycles. The molecule has 0 N–H and O–H groups in total. The molecule has 0 aromatic rings. The van der Waals surface area contributed by atoms with Gasteiger partial charge in [-0.1, -0.05) is 268 Å². The summed E-state index contributed by atoms with van der Waals surface area (Å²) in [7, 11) is 0. The predicted octanol–water partition coefficient (Wildman–Crippen LogP) is 20.5. The highest BCUT2D eigenvalue weighted by Crippen LogP contribution is 2.16. The molecule has 0 spiro atoms. The molecule has 0 saturated heterocycles. The molecule has 0 aliphatic rings. The highest BCUT2D eigenvalue weighted by atomic mass is 16.6. The van der Waals surface area contributed by atoms with Crippen LogP contribution in [0.5, 0.6) is 0 Å². The van der Waals surface area contributed by atoms with Crippen LogP contribution in [0.25, 0.3) is 0 Å². The number of hydrogen-bond donors (Lipinski definition) is 0. The molecule has 5 heteroatoms. The van der Waals surface area contributed by atoms with Gasteiger partial charge >= 0.3 is 11.9 Å². The van der Waals surface area contributed by atoms with Crippen molar-refractivity contribution in [1.29, 1.82) is 0 Å². The average Bonchev–Trinajstić information content (AvgIpc) is 3.34. The second kappa shape index (κ2) is 58.9. The molecule has 0 saturated carbocycles. The molecule has 0 heterocycles. The molecule has 68 heavy (non-hydrogen) atoms. The van der Waals surface area contributed by atoms with E-state index >= 15 is 0 Å². The van der Waals surface area contributed by atoms with Gasteiger partial charge in [-0.2, -0.15) is 0 Å². The molecular weight excluding hydrogens is 837 g/mol. The van der Waals surface area contributed by atoms with Gasteiger partial charge in [0.25, 0.3) is 0 Å². The maximum atomic E-state index is 12.9. The van der Waals surface area contributed by atoms with Gasteiger partial charge in [0.05, 0.1) is 6.61 Å². The minimum atomic E-state index is -0.547. The van der Waals surface area contributed by atoms with Crippen molar-refractivity contribution in [3.63, 3.8) is 0 Å². The Morgan fingerprint density at radius 3 is 1.09 bits per heavy atom. The number of ether oxygens (including phenoxy) is 3. The summed E-state index contributed by atoms with van der Waals surface area (Å²) in [6, 6.07) is 0. The maximum Gasteiger partial charge on any atom is 0.306 e. The fourth-order valence-electron chi connectivity index (χ4n) is 8.62. The lowest BCUT2D eigenvalue weighted by molar-refractivity contribution is -0.163. The highest BCUT2D eigenvalue weighted by molar-refractivity contribution is 5.70. The van der Waals surface area contributed by atoms with Crippen molar-refractivity contribution in [3.8, 4) is 0 Å². The van der Waals surface area contributed by atoms with Crippen LogP contribution in [0.3, 0.4) is 0 Å². The van der Waals surface area contributed by atoms with Crippen LogP contribution in [-0.4, -0.2) is 37.9 Å². The molecule has 1 unspecified atom stereocenters. The third kappa shape index (κ3) is 56.2. The lowest BCUT2D eigenvalue weighted by Crippen LogP contribution is -2.30. The standard InChI is InChI=1S/C63H114O5/c1-4-7-10-13-16-19-22-25-28-30-32-33-36-38-41-44-47-50-53-56-62(64)67-60-61(68-63(65)57-54-51-48-45-42-39-35-27-24-21-18-15-12-9-6-3)59-66-58-55-52-49-46-43-40-37-34-31-29-26-23-20-17-14-11-8-5-2/h9,12,16,18-19,21,25,27-28,35,61H,4-8,10-11,13-15,17,20,22-24,26,29-34,36-60H2,1-3H3/b12-9-,19-16-,21-18-,28-25-,35-27-. The first-order valence-corrected chi connectivity index (χ1v) is 29.8. The van der Waals surface area contributed by atoms with E-state index in [4.69, 9.17) is 14.2 Å². The van der Waals surface area contributed by atoms with E-state index in [1.165, 1.54) is 193 Å². The zero-order valence-electron chi connectivity index (χ0n) is 45.6. The van der Waals surface area contributed by atoms with Crippen LogP contribution in [0.15, 0.2) is 60.8 Å². The molecule has 0 bridgehead atoms. The summed E-state index contributed by atoms with van der Waals surface area (Å²) in [4.78, 5) is 25.5. The minimum Gasteiger partial charge on any atom is -0.462 e. The second-order valence-electron chi connectivity index (χ2n) is 19.9. The summed E-state index contributed by atoms with van der Waals surface area (Å²) in [5, 5.41) is 0. The minimum absolute atomic E-state index is 0.0783. The number of unbranched alkanes of at least 4 members (excludes halogenated alkanes) is 34. The Morgan fingerprint density at radius 1 is 0.338 bits per heavy atom. The van der Waals surface area contributed by atoms with E-state index in [0.717, 1.165) is 77.0 Å². The van der Waals surface area contributed by atoms with E-state index in [2.05, 4.69) is 81.5 Å². The van der Waals surface area contributed by atoms with Crippen molar-refractivity contribution in [1.82, 2.24) is 0 Å². The first kappa shape index (κ1) is 65.6. The van der Waals surface area contributed by atoms with Crippen LogP contribution in [0.1, 0.15) is 303 Å². The number of esters is 2. The summed E-state index contributed by atoms with van der Waals surface area (Å²) in [6.45, 7) is 7.72. The second-order valence-corrected chi connectivity index (χ2v) is 19.9. The Hall–Kier alpha value is -2.40. The number of carbonyl (C=O) groups is 2. The van der Waals surface area contributed by atoms with Gasteiger partial charge in [0.2, 0.25) is 0 Å². The van der Waals surface area contributed by atoms with Crippen molar-refractivity contribution in [2.45, 2.75) is 309 Å². The van der Waals surface area contributed by atoms with Gasteiger partial charge in [-0.05, 0) is 83.5 Å². The van der Waals surface area contributed by atoms with Crippen LogP contribution >= 0.6 is 0 Å². The van der Waals surface area contributed by atoms with Crippen molar-refractivity contribution in [3.05, 3.63) is 60.8 Å². The summed E-state index contributed by atoms with van der Waals surface area (Å²) in [5.74, 6) is -0.407. The molecule has 0 radical (unpaired) electrons. The largest absolute Gasteiger partial charge is 0.462 e. The van der Waals surface area contributed by atoms with Crippen molar-refractivity contribution < 1.29 is 23.8 Å². The summed E-state index contributed by atoms with van der Waals surface area (Å²) in [6.07, 6.45) is 75.3. The van der Waals surface area contributed by atoms with E-state index in [1.807, 2.05) is 0 Å². The first-order chi connectivity index (χ1) is 33.6. The highest BCUT2D eigenvalue weighted by Gasteiger charge is 2.17. The normalized spacial score (nSPS) is 12.6. The average molecular weight is 952 g/mol. The smallest absolute Gasteiger partial charge is 0.306 e. The Morgan fingerprint density at radius 2 is 0.662 bits per heavy atom. The topological polar surface area (TPSA) is 61.8 Å². The molecule has 0 aromatic heterocycles. The maximum absolute atomic E-state index is 12.9. The predicted molar refractivity (Wildman–Crippen MR) is 298 cm³/mol. The van der Waals surface area contributed by atoms with Crippen LogP contribution in [-0.2, 0) is 23.8 Å². The van der Waals surface area contributed by atoms with E-state index in [9.17, 15) is 9.59 Å². The van der Waals surface area contributed by atoms with Crippen LogP contribution in [0.4, 0.5) is 0 Å². The van der Waals surface area contributed by atoms with E-state index < -0.39 is 6.10 Å². The third-order valence-electron chi connectivity index (χ3n) is 13.0. The van der Waals surface area contributed by atoms with Gasteiger partial charge in [-0.25, -0.2) is 0 Å². The Balaban J connectivity index is 4.26. The Labute approximate surface area is 424 Å². The van der Waals surface area contributed by atoms with E-state index in [1.54, 1.807) is 0 Å². The third-order valence-corrected chi connectivity index (χ3v) is 13.0. The van der Waals surface area contributed by atoms with E-state index in [-0.39, 0.29) is 25.2 Å². The molecule has 0 amide bonds. The van der Waals surface area contributed by atoms with Gasteiger partial charge in [-0.3, -0.25) is 9.59 Å². The molecule has 0 rings (SSSR count). The molecule has 0 aliphatic heterocycles. The van der Waals surface area contributed by atoms with Crippen molar-refractivity contribution in [2.24, 2.45) is 0 Å². The fraction of sp³-hybridized carbons (Fsp3) is 0.810. The Kier molecular flexibility index (Phi) is 56.8. The zero-order valence-corrected chi connectivity index (χ0v) is 45.6. The number of hydrogen-bond acceptors (Lipinski definition) is 5. The summed E-state index contributed by atoms with van der Waals surface area (Å²) >= 11 is 0. The molecule has 0 fully saturated rings. The monoisotopic (exact) mass is 951 g/mol. The van der Waals surface area contributed by atoms with E-state index in [0.29, 0.717) is 19.4 Å². The fourth-order valence-corrected chi connectivity index (χ4v) is 8.62. The summed E-state index contributed by atoms with van der Waals surface area (Å²) in [5.41, 5.74) is 0. The lowest BCUT2D eigenvalue weighted by atomic mass is 10.0. The van der Waals surface area contributed by atoms with Gasteiger partial charge in [0, 0.05) is 19.4 Å². The first-order valence-electron chi connectivity index (χ1n) is 29.8. The SMILES string of the molecule is CC/C=C\C/C=C\C/C=C\CCCCCCCC(=O)OC(COCCCCCCCCCCCCCCCCCCCC)COC(=O)CCCCCCCCCCC/C=C\C/C=C\CCCCC. The lowest BCUT2D eigenvalue weighted by Gasteiger charge is -2.18.